The third-order valence-electron chi connectivity index (χ3n) is 4.49. The van der Waals surface area contributed by atoms with Gasteiger partial charge in [-0.25, -0.2) is 0 Å². The first-order valence-corrected chi connectivity index (χ1v) is 11.5. The van der Waals surface area contributed by atoms with Crippen molar-refractivity contribution in [1.82, 2.24) is 9.89 Å². The van der Waals surface area contributed by atoms with Gasteiger partial charge in [0.2, 0.25) is 0 Å². The van der Waals surface area contributed by atoms with Crippen molar-refractivity contribution in [1.29, 1.82) is 0 Å². The minimum atomic E-state index is -3.81. The predicted molar refractivity (Wildman–Crippen MR) is 124 cm³/mol. The largest absolute Gasteiger partial charge is 0.391 e. The molecule has 0 fully saturated rings. The topological polar surface area (TPSA) is 85.6 Å². The van der Waals surface area contributed by atoms with Gasteiger partial charge >= 0.3 is 0 Å². The number of aromatic nitrogens is 2. The lowest BCUT2D eigenvalue weighted by Crippen LogP contribution is -2.23. The highest BCUT2D eigenvalue weighted by molar-refractivity contribution is 7.92. The van der Waals surface area contributed by atoms with Crippen LogP contribution in [0.2, 0.25) is 5.02 Å². The summed E-state index contributed by atoms with van der Waals surface area (Å²) in [5.41, 5.74) is 2.86. The van der Waals surface area contributed by atoms with Crippen LogP contribution in [0.25, 0.3) is 11.1 Å². The summed E-state index contributed by atoms with van der Waals surface area (Å²) in [6, 6.07) is 24.8. The summed E-state index contributed by atoms with van der Waals surface area (Å²) < 4.78 is 25.3. The molecule has 0 atom stereocenters. The Balaban J connectivity index is 1.59. The van der Waals surface area contributed by atoms with Crippen LogP contribution in [-0.4, -0.2) is 24.5 Å². The second-order valence-electron chi connectivity index (χ2n) is 6.78. The molecule has 7 nitrogen and oxygen atoms in total. The second kappa shape index (κ2) is 9.67. The van der Waals surface area contributed by atoms with Crippen molar-refractivity contribution in [2.24, 2.45) is 5.16 Å². The van der Waals surface area contributed by atoms with Crippen molar-refractivity contribution in [3.8, 4) is 11.1 Å². The molecule has 0 unspecified atom stereocenters. The van der Waals surface area contributed by atoms with Crippen LogP contribution in [0.5, 0.6) is 0 Å². The summed E-state index contributed by atoms with van der Waals surface area (Å²) in [5.74, 6) is 0. The van der Waals surface area contributed by atoms with Gasteiger partial charge in [-0.15, -0.1) is 5.10 Å². The Kier molecular flexibility index (Phi) is 6.53. The molecule has 0 spiro atoms. The van der Waals surface area contributed by atoms with Crippen LogP contribution < -0.4 is 4.83 Å². The first-order valence-electron chi connectivity index (χ1n) is 9.64. The maximum Gasteiger partial charge on any atom is 0.276 e. The molecule has 3 aromatic carbocycles. The van der Waals surface area contributed by atoms with Gasteiger partial charge in [0.15, 0.2) is 0 Å². The van der Waals surface area contributed by atoms with Gasteiger partial charge in [0.25, 0.3) is 10.0 Å². The van der Waals surface area contributed by atoms with Crippen molar-refractivity contribution in [3.63, 3.8) is 0 Å². The lowest BCUT2D eigenvalue weighted by Gasteiger charge is -2.07. The molecular weight excluding hydrogens is 448 g/mol. The third-order valence-corrected chi connectivity index (χ3v) is 6.06. The highest BCUT2D eigenvalue weighted by Gasteiger charge is 2.17. The summed E-state index contributed by atoms with van der Waals surface area (Å²) in [6.07, 6.45) is 3.02. The fraction of sp³-hybridized carbons (Fsp3) is 0.0435. The predicted octanol–water partition coefficient (Wildman–Crippen LogP) is 4.69. The third kappa shape index (κ3) is 5.35. The Morgan fingerprint density at radius 3 is 2.31 bits per heavy atom. The van der Waals surface area contributed by atoms with Crippen molar-refractivity contribution in [3.05, 3.63) is 107 Å². The summed E-state index contributed by atoms with van der Waals surface area (Å²) in [4.78, 5) is 9.09. The number of sulfonamides is 1. The SMILES string of the molecule is O=S(=O)(Nn1cc(-c2ccc(Cl)cc2)c(C=NOCc2ccccc2)n1)c1ccccc1. The van der Waals surface area contributed by atoms with Gasteiger partial charge in [0.05, 0.1) is 17.3 Å². The Bertz CT molecular complexity index is 1310. The molecule has 32 heavy (non-hydrogen) atoms. The van der Waals surface area contributed by atoms with Gasteiger partial charge in [-0.3, -0.25) is 0 Å². The zero-order valence-corrected chi connectivity index (χ0v) is 18.4. The number of halogens is 1. The van der Waals surface area contributed by atoms with E-state index < -0.39 is 10.0 Å². The van der Waals surface area contributed by atoms with E-state index in [0.29, 0.717) is 22.9 Å². The first kappa shape index (κ1) is 21.6. The van der Waals surface area contributed by atoms with E-state index in [1.807, 2.05) is 42.5 Å². The quantitative estimate of drug-likeness (QED) is 0.301. The van der Waals surface area contributed by atoms with Crippen LogP contribution in [-0.2, 0) is 21.5 Å². The molecular formula is C23H19ClN4O3S. The Labute approximate surface area is 190 Å². The normalized spacial score (nSPS) is 11.5. The smallest absolute Gasteiger partial charge is 0.276 e. The van der Waals surface area contributed by atoms with Crippen LogP contribution in [0.15, 0.2) is 101 Å². The zero-order chi connectivity index (χ0) is 22.4. The molecule has 0 aliphatic heterocycles. The number of oxime groups is 1. The molecule has 1 heterocycles. The number of benzene rings is 3. The Morgan fingerprint density at radius 1 is 0.969 bits per heavy atom. The molecule has 0 amide bonds. The van der Waals surface area contributed by atoms with E-state index >= 15 is 0 Å². The molecule has 162 valence electrons. The summed E-state index contributed by atoms with van der Waals surface area (Å²) >= 11 is 6.00. The van der Waals surface area contributed by atoms with Gasteiger partial charge < -0.3 is 4.84 Å². The van der Waals surface area contributed by atoms with Crippen molar-refractivity contribution >= 4 is 27.8 Å². The molecule has 0 saturated heterocycles. The van der Waals surface area contributed by atoms with E-state index in [9.17, 15) is 8.42 Å². The number of hydrogen-bond acceptors (Lipinski definition) is 5. The lowest BCUT2D eigenvalue weighted by atomic mass is 10.1. The molecule has 0 aliphatic carbocycles. The van der Waals surface area contributed by atoms with Crippen LogP contribution >= 0.6 is 11.6 Å². The highest BCUT2D eigenvalue weighted by atomic mass is 35.5. The van der Waals surface area contributed by atoms with Crippen molar-refractivity contribution in [2.75, 3.05) is 4.83 Å². The van der Waals surface area contributed by atoms with Gasteiger partial charge in [0.1, 0.15) is 12.3 Å². The van der Waals surface area contributed by atoms with Crippen LogP contribution in [0.1, 0.15) is 11.3 Å². The van der Waals surface area contributed by atoms with E-state index in [1.165, 1.54) is 18.3 Å². The molecule has 0 radical (unpaired) electrons. The van der Waals surface area contributed by atoms with Crippen LogP contribution in [0.4, 0.5) is 0 Å². The summed E-state index contributed by atoms with van der Waals surface area (Å²) in [5, 5.41) is 8.92. The lowest BCUT2D eigenvalue weighted by molar-refractivity contribution is 0.132. The Hall–Kier alpha value is -3.62. The van der Waals surface area contributed by atoms with E-state index in [0.717, 1.165) is 15.9 Å². The van der Waals surface area contributed by atoms with E-state index in [2.05, 4.69) is 15.1 Å². The minimum absolute atomic E-state index is 0.130. The Morgan fingerprint density at radius 2 is 1.62 bits per heavy atom. The molecule has 0 saturated carbocycles. The maximum absolute atomic E-state index is 12.7. The highest BCUT2D eigenvalue weighted by Crippen LogP contribution is 2.24. The minimum Gasteiger partial charge on any atom is -0.391 e. The van der Waals surface area contributed by atoms with E-state index in [4.69, 9.17) is 16.4 Å². The fourth-order valence-corrected chi connectivity index (χ4v) is 4.02. The van der Waals surface area contributed by atoms with Crippen LogP contribution in [0, 0.1) is 0 Å². The number of rotatable bonds is 8. The first-order chi connectivity index (χ1) is 15.5. The molecule has 1 aromatic heterocycles. The van der Waals surface area contributed by atoms with Crippen molar-refractivity contribution < 1.29 is 13.3 Å². The van der Waals surface area contributed by atoms with Gasteiger partial charge in [0, 0.05) is 10.6 Å². The summed E-state index contributed by atoms with van der Waals surface area (Å²) in [7, 11) is -3.81. The second-order valence-corrected chi connectivity index (χ2v) is 8.88. The molecule has 4 aromatic rings. The average molecular weight is 467 g/mol. The van der Waals surface area contributed by atoms with E-state index in [1.54, 1.807) is 36.5 Å². The van der Waals surface area contributed by atoms with Gasteiger partial charge in [-0.1, -0.05) is 77.4 Å². The standard InChI is InChI=1S/C23H19ClN4O3S/c24-20-13-11-19(12-14-20)22-16-28(27-32(29,30)21-9-5-2-6-10-21)26-23(22)15-25-31-17-18-7-3-1-4-8-18/h1-16,27H,17H2. The molecule has 0 bridgehead atoms. The molecule has 0 aliphatic rings. The number of hydrogen-bond donors (Lipinski definition) is 1. The fourth-order valence-electron chi connectivity index (χ4n) is 2.93. The zero-order valence-electron chi connectivity index (χ0n) is 16.8. The molecule has 4 rings (SSSR count). The maximum atomic E-state index is 12.7. The summed E-state index contributed by atoms with van der Waals surface area (Å²) in [6.45, 7) is 0.301. The van der Waals surface area contributed by atoms with Gasteiger partial charge in [-0.05, 0) is 35.4 Å². The average Bonchev–Trinajstić information content (AvgIpc) is 3.20. The number of nitrogens with zero attached hydrogens (tertiary/aromatic N) is 3. The van der Waals surface area contributed by atoms with Crippen molar-refractivity contribution in [2.45, 2.75) is 11.5 Å². The molecule has 1 N–H and O–H groups in total. The monoisotopic (exact) mass is 466 g/mol. The molecule has 9 heteroatoms. The van der Waals surface area contributed by atoms with Crippen LogP contribution in [0.3, 0.4) is 0 Å². The van der Waals surface area contributed by atoms with E-state index in [-0.39, 0.29) is 4.90 Å². The number of nitrogens with one attached hydrogen (secondary N) is 1. The van der Waals surface area contributed by atoms with Gasteiger partial charge in [-0.2, -0.15) is 18.0 Å².